The second kappa shape index (κ2) is 6.05. The van der Waals surface area contributed by atoms with Crippen LogP contribution in [0.25, 0.3) is 23.3 Å². The monoisotopic (exact) mass is 277 g/mol. The Morgan fingerprint density at radius 1 is 0.905 bits per heavy atom. The molecule has 0 aliphatic rings. The molecule has 0 atom stereocenters. The number of aromatic nitrogens is 3. The average Bonchev–Trinajstić information content (AvgIpc) is 3.07. The van der Waals surface area contributed by atoms with Crippen molar-refractivity contribution < 1.29 is 4.74 Å². The van der Waals surface area contributed by atoms with Crippen LogP contribution in [0.5, 0.6) is 5.75 Å². The Labute approximate surface area is 123 Å². The van der Waals surface area contributed by atoms with Crippen LogP contribution in [0.1, 0.15) is 11.3 Å². The molecule has 0 fully saturated rings. The van der Waals surface area contributed by atoms with E-state index in [1.165, 1.54) is 11.1 Å². The molecule has 1 aromatic heterocycles. The molecule has 104 valence electrons. The van der Waals surface area contributed by atoms with Crippen LogP contribution in [0.3, 0.4) is 0 Å². The second-order valence-corrected chi connectivity index (χ2v) is 4.58. The number of rotatable bonds is 4. The molecule has 1 N–H and O–H groups in total. The zero-order valence-corrected chi connectivity index (χ0v) is 11.7. The van der Waals surface area contributed by atoms with Gasteiger partial charge in [0.2, 0.25) is 0 Å². The molecule has 1 heterocycles. The Morgan fingerprint density at radius 2 is 1.57 bits per heavy atom. The van der Waals surface area contributed by atoms with Gasteiger partial charge in [0.1, 0.15) is 11.4 Å². The summed E-state index contributed by atoms with van der Waals surface area (Å²) >= 11 is 0. The highest BCUT2D eigenvalue weighted by Crippen LogP contribution is 2.23. The highest BCUT2D eigenvalue weighted by atomic mass is 16.5. The molecule has 4 nitrogen and oxygen atoms in total. The van der Waals surface area contributed by atoms with Gasteiger partial charge in [0.15, 0.2) is 0 Å². The molecule has 0 spiro atoms. The maximum absolute atomic E-state index is 5.17. The number of methoxy groups -OCH3 is 1. The third-order valence-electron chi connectivity index (χ3n) is 3.21. The molecule has 0 unspecified atom stereocenters. The number of nitrogens with zero attached hydrogens (tertiary/aromatic N) is 2. The molecule has 3 aromatic rings. The number of aromatic amines is 1. The fourth-order valence-corrected chi connectivity index (χ4v) is 2.04. The van der Waals surface area contributed by atoms with Crippen LogP contribution in [-0.2, 0) is 0 Å². The van der Waals surface area contributed by atoms with Crippen molar-refractivity contribution in [1.82, 2.24) is 15.4 Å². The van der Waals surface area contributed by atoms with E-state index in [0.29, 0.717) is 0 Å². The number of benzene rings is 2. The van der Waals surface area contributed by atoms with Gasteiger partial charge >= 0.3 is 0 Å². The predicted molar refractivity (Wildman–Crippen MR) is 83.7 cm³/mol. The van der Waals surface area contributed by atoms with E-state index < -0.39 is 0 Å². The van der Waals surface area contributed by atoms with Gasteiger partial charge in [-0.1, -0.05) is 42.5 Å². The van der Waals surface area contributed by atoms with Crippen LogP contribution in [0.2, 0.25) is 0 Å². The van der Waals surface area contributed by atoms with Gasteiger partial charge < -0.3 is 4.74 Å². The predicted octanol–water partition coefficient (Wildman–Crippen LogP) is 3.65. The summed E-state index contributed by atoms with van der Waals surface area (Å²) in [5.74, 6) is 0.867. The van der Waals surface area contributed by atoms with Gasteiger partial charge in [-0.15, -0.1) is 0 Å². The Morgan fingerprint density at radius 3 is 2.14 bits per heavy atom. The quantitative estimate of drug-likeness (QED) is 0.792. The zero-order chi connectivity index (χ0) is 14.5. The van der Waals surface area contributed by atoms with Gasteiger partial charge in [0, 0.05) is 0 Å². The topological polar surface area (TPSA) is 50.8 Å². The largest absolute Gasteiger partial charge is 0.497 e. The Balaban J connectivity index is 1.77. The first-order valence-corrected chi connectivity index (χ1v) is 6.63. The minimum Gasteiger partial charge on any atom is -0.497 e. The van der Waals surface area contributed by atoms with E-state index in [2.05, 4.69) is 51.8 Å². The maximum Gasteiger partial charge on any atom is 0.118 e. The summed E-state index contributed by atoms with van der Waals surface area (Å²) in [6, 6.07) is 16.4. The summed E-state index contributed by atoms with van der Waals surface area (Å²) in [4.78, 5) is 0. The van der Waals surface area contributed by atoms with Crippen molar-refractivity contribution in [3.63, 3.8) is 0 Å². The highest BCUT2D eigenvalue weighted by Gasteiger charge is 1.98. The molecule has 0 aliphatic heterocycles. The molecule has 4 heteroatoms. The summed E-state index contributed by atoms with van der Waals surface area (Å²) in [6.07, 6.45) is 5.61. The number of hydrogen-bond donors (Lipinski definition) is 1. The van der Waals surface area contributed by atoms with Crippen LogP contribution in [-0.4, -0.2) is 22.5 Å². The van der Waals surface area contributed by atoms with Crippen LogP contribution in [0.4, 0.5) is 0 Å². The van der Waals surface area contributed by atoms with Gasteiger partial charge in [-0.25, -0.2) is 0 Å². The molecule has 0 saturated heterocycles. The molecular formula is C17H15N3O. The SMILES string of the molecule is COc1ccc(-c2ccc(C=Cc3cn[nH]n3)cc2)cc1. The van der Waals surface area contributed by atoms with Crippen molar-refractivity contribution in [2.45, 2.75) is 0 Å². The average molecular weight is 277 g/mol. The normalized spacial score (nSPS) is 10.9. The smallest absolute Gasteiger partial charge is 0.118 e. The van der Waals surface area contributed by atoms with E-state index in [4.69, 9.17) is 4.74 Å². The zero-order valence-electron chi connectivity index (χ0n) is 11.7. The fourth-order valence-electron chi connectivity index (χ4n) is 2.04. The number of ether oxygens (including phenoxy) is 1. The van der Waals surface area contributed by atoms with E-state index in [0.717, 1.165) is 17.0 Å². The van der Waals surface area contributed by atoms with Gasteiger partial charge in [-0.3, -0.25) is 0 Å². The van der Waals surface area contributed by atoms with Crippen molar-refractivity contribution in [3.8, 4) is 16.9 Å². The molecule has 0 bridgehead atoms. The van der Waals surface area contributed by atoms with Crippen LogP contribution in [0.15, 0.2) is 54.7 Å². The van der Waals surface area contributed by atoms with E-state index >= 15 is 0 Å². The standard InChI is InChI=1S/C17H15N3O/c1-21-17-10-7-15(8-11-17)14-5-2-13(3-6-14)4-9-16-12-18-20-19-16/h2-12H,1H3,(H,18,19,20). The third kappa shape index (κ3) is 3.17. The van der Waals surface area contributed by atoms with E-state index in [9.17, 15) is 0 Å². The van der Waals surface area contributed by atoms with E-state index in [1.54, 1.807) is 13.3 Å². The first kappa shape index (κ1) is 13.1. The molecular weight excluding hydrogens is 262 g/mol. The highest BCUT2D eigenvalue weighted by molar-refractivity contribution is 5.71. The van der Waals surface area contributed by atoms with Crippen LogP contribution in [0, 0.1) is 0 Å². The van der Waals surface area contributed by atoms with Crippen molar-refractivity contribution in [3.05, 3.63) is 66.0 Å². The van der Waals surface area contributed by atoms with Gasteiger partial charge in [-0.05, 0) is 34.9 Å². The summed E-state index contributed by atoms with van der Waals surface area (Å²) in [5, 5.41) is 10.3. The maximum atomic E-state index is 5.17. The Hall–Kier alpha value is -2.88. The molecule has 3 rings (SSSR count). The number of nitrogens with one attached hydrogen (secondary N) is 1. The lowest BCUT2D eigenvalue weighted by molar-refractivity contribution is 0.415. The summed E-state index contributed by atoms with van der Waals surface area (Å²) < 4.78 is 5.17. The molecule has 0 saturated carbocycles. The summed E-state index contributed by atoms with van der Waals surface area (Å²) in [6.45, 7) is 0. The first-order valence-electron chi connectivity index (χ1n) is 6.63. The van der Waals surface area contributed by atoms with Crippen LogP contribution >= 0.6 is 0 Å². The van der Waals surface area contributed by atoms with Crippen molar-refractivity contribution in [2.75, 3.05) is 7.11 Å². The lowest BCUT2D eigenvalue weighted by Crippen LogP contribution is -1.83. The van der Waals surface area contributed by atoms with Crippen molar-refractivity contribution in [1.29, 1.82) is 0 Å². The number of hydrogen-bond acceptors (Lipinski definition) is 3. The van der Waals surface area contributed by atoms with Gasteiger partial charge in [0.25, 0.3) is 0 Å². The van der Waals surface area contributed by atoms with Crippen molar-refractivity contribution in [2.24, 2.45) is 0 Å². The molecule has 2 aromatic carbocycles. The number of H-pyrrole nitrogens is 1. The van der Waals surface area contributed by atoms with Crippen LogP contribution < -0.4 is 4.74 Å². The molecule has 0 amide bonds. The minimum absolute atomic E-state index is 0.814. The molecule has 0 aliphatic carbocycles. The second-order valence-electron chi connectivity index (χ2n) is 4.58. The van der Waals surface area contributed by atoms with Gasteiger partial charge in [0.05, 0.1) is 13.3 Å². The summed E-state index contributed by atoms with van der Waals surface area (Å²) in [5.41, 5.74) is 4.28. The fraction of sp³-hybridized carbons (Fsp3) is 0.0588. The van der Waals surface area contributed by atoms with Gasteiger partial charge in [-0.2, -0.15) is 15.4 Å². The van der Waals surface area contributed by atoms with Crippen molar-refractivity contribution >= 4 is 12.2 Å². The molecule has 0 radical (unpaired) electrons. The first-order chi connectivity index (χ1) is 10.3. The van der Waals surface area contributed by atoms with E-state index in [-0.39, 0.29) is 0 Å². The van der Waals surface area contributed by atoms with E-state index in [1.807, 2.05) is 24.3 Å². The Kier molecular flexibility index (Phi) is 3.78. The lowest BCUT2D eigenvalue weighted by atomic mass is 10.0. The Bertz CT molecular complexity index is 714. The summed E-state index contributed by atoms with van der Waals surface area (Å²) in [7, 11) is 1.67. The third-order valence-corrected chi connectivity index (χ3v) is 3.21. The minimum atomic E-state index is 0.814. The lowest BCUT2D eigenvalue weighted by Gasteiger charge is -2.04. The molecule has 21 heavy (non-hydrogen) atoms.